The van der Waals surface area contributed by atoms with E-state index in [1.807, 2.05) is 76.2 Å². The van der Waals surface area contributed by atoms with E-state index in [4.69, 9.17) is 0 Å². The molecule has 26 heavy (non-hydrogen) atoms. The van der Waals surface area contributed by atoms with Crippen molar-refractivity contribution in [1.29, 1.82) is 0 Å². The Hall–Kier alpha value is -2.62. The highest BCUT2D eigenvalue weighted by atomic mass is 16.2. The summed E-state index contributed by atoms with van der Waals surface area (Å²) in [4.78, 5) is 25.5. The van der Waals surface area contributed by atoms with Crippen molar-refractivity contribution in [2.24, 2.45) is 5.92 Å². The number of benzene rings is 2. The van der Waals surface area contributed by atoms with Crippen LogP contribution >= 0.6 is 0 Å². The lowest BCUT2D eigenvalue weighted by atomic mass is 9.96. The van der Waals surface area contributed by atoms with Crippen molar-refractivity contribution in [3.05, 3.63) is 71.3 Å². The van der Waals surface area contributed by atoms with Crippen LogP contribution in [0.5, 0.6) is 0 Å². The van der Waals surface area contributed by atoms with Gasteiger partial charge in [0.05, 0.1) is 6.04 Å². The molecule has 2 aromatic carbocycles. The van der Waals surface area contributed by atoms with Gasteiger partial charge >= 0.3 is 0 Å². The zero-order valence-electron chi connectivity index (χ0n) is 16.0. The Bertz CT molecular complexity index is 743. The van der Waals surface area contributed by atoms with Crippen molar-refractivity contribution in [2.75, 3.05) is 0 Å². The molecule has 0 aliphatic carbocycles. The molecule has 3 atom stereocenters. The van der Waals surface area contributed by atoms with Crippen LogP contribution in [0.3, 0.4) is 0 Å². The van der Waals surface area contributed by atoms with Crippen molar-refractivity contribution < 1.29 is 9.59 Å². The first-order valence-electron chi connectivity index (χ1n) is 9.15. The second-order valence-electron chi connectivity index (χ2n) is 6.79. The number of rotatable bonds is 7. The van der Waals surface area contributed by atoms with Crippen molar-refractivity contribution >= 4 is 11.8 Å². The van der Waals surface area contributed by atoms with E-state index in [0.29, 0.717) is 5.56 Å². The molecule has 2 N–H and O–H groups in total. The number of hydrogen-bond acceptors (Lipinski definition) is 2. The summed E-state index contributed by atoms with van der Waals surface area (Å²) in [5, 5.41) is 5.96. The first kappa shape index (κ1) is 19.7. The highest BCUT2D eigenvalue weighted by Crippen LogP contribution is 2.15. The van der Waals surface area contributed by atoms with Gasteiger partial charge in [0.2, 0.25) is 5.91 Å². The van der Waals surface area contributed by atoms with E-state index in [-0.39, 0.29) is 23.8 Å². The first-order chi connectivity index (χ1) is 12.4. The molecule has 138 valence electrons. The summed E-state index contributed by atoms with van der Waals surface area (Å²) in [5.41, 5.74) is 2.53. The molecule has 0 fully saturated rings. The quantitative estimate of drug-likeness (QED) is 0.791. The number of hydrogen-bond donors (Lipinski definition) is 2. The SMILES string of the molecule is CCC(C)C(NC(=O)c1ccccc1C)C(=O)NC(C)c1ccccc1. The molecule has 0 spiro atoms. The van der Waals surface area contributed by atoms with E-state index < -0.39 is 6.04 Å². The van der Waals surface area contributed by atoms with Crippen molar-refractivity contribution in [2.45, 2.75) is 46.2 Å². The molecule has 3 unspecified atom stereocenters. The third-order valence-electron chi connectivity index (χ3n) is 4.83. The number of nitrogens with one attached hydrogen (secondary N) is 2. The zero-order chi connectivity index (χ0) is 19.1. The lowest BCUT2D eigenvalue weighted by Crippen LogP contribution is -2.50. The Morgan fingerprint density at radius 3 is 2.15 bits per heavy atom. The highest BCUT2D eigenvalue weighted by molar-refractivity contribution is 5.98. The predicted octanol–water partition coefficient (Wildman–Crippen LogP) is 4.02. The molecule has 0 bridgehead atoms. The lowest BCUT2D eigenvalue weighted by Gasteiger charge is -2.26. The molecular weight excluding hydrogens is 324 g/mol. The Labute approximate surface area is 156 Å². The van der Waals surface area contributed by atoms with Crippen molar-refractivity contribution in [3.8, 4) is 0 Å². The second-order valence-corrected chi connectivity index (χ2v) is 6.79. The molecular formula is C22H28N2O2. The summed E-state index contributed by atoms with van der Waals surface area (Å²) in [6.45, 7) is 7.84. The van der Waals surface area contributed by atoms with Crippen LogP contribution in [-0.2, 0) is 4.79 Å². The number of aryl methyl sites for hydroxylation is 1. The Morgan fingerprint density at radius 2 is 1.54 bits per heavy atom. The zero-order valence-corrected chi connectivity index (χ0v) is 16.0. The molecule has 0 aliphatic heterocycles. The van der Waals surface area contributed by atoms with E-state index in [2.05, 4.69) is 10.6 Å². The van der Waals surface area contributed by atoms with Gasteiger partial charge in [-0.05, 0) is 37.0 Å². The number of carbonyl (C=O) groups is 2. The minimum atomic E-state index is -0.571. The van der Waals surface area contributed by atoms with Crippen LogP contribution in [0.25, 0.3) is 0 Å². The molecule has 0 radical (unpaired) electrons. The van der Waals surface area contributed by atoms with Gasteiger partial charge in [-0.1, -0.05) is 68.8 Å². The fourth-order valence-electron chi connectivity index (χ4n) is 2.88. The van der Waals surface area contributed by atoms with E-state index in [9.17, 15) is 9.59 Å². The van der Waals surface area contributed by atoms with Gasteiger partial charge in [0.25, 0.3) is 5.91 Å². The van der Waals surface area contributed by atoms with Crippen LogP contribution in [-0.4, -0.2) is 17.9 Å². The van der Waals surface area contributed by atoms with Gasteiger partial charge < -0.3 is 10.6 Å². The van der Waals surface area contributed by atoms with Crippen LogP contribution in [0.2, 0.25) is 0 Å². The van der Waals surface area contributed by atoms with Gasteiger partial charge in [-0.25, -0.2) is 0 Å². The third-order valence-corrected chi connectivity index (χ3v) is 4.83. The molecule has 0 aromatic heterocycles. The van der Waals surface area contributed by atoms with E-state index in [0.717, 1.165) is 17.5 Å². The van der Waals surface area contributed by atoms with Crippen LogP contribution in [0.4, 0.5) is 0 Å². The van der Waals surface area contributed by atoms with Gasteiger partial charge in [0.15, 0.2) is 0 Å². The van der Waals surface area contributed by atoms with Crippen molar-refractivity contribution in [1.82, 2.24) is 10.6 Å². The maximum absolute atomic E-state index is 12.9. The minimum Gasteiger partial charge on any atom is -0.348 e. The maximum atomic E-state index is 12.9. The number of carbonyl (C=O) groups excluding carboxylic acids is 2. The van der Waals surface area contributed by atoms with Gasteiger partial charge in [0, 0.05) is 5.56 Å². The second kappa shape index (κ2) is 9.18. The van der Waals surface area contributed by atoms with Crippen molar-refractivity contribution in [3.63, 3.8) is 0 Å². The summed E-state index contributed by atoms with van der Waals surface area (Å²) < 4.78 is 0. The topological polar surface area (TPSA) is 58.2 Å². The Balaban J connectivity index is 2.12. The van der Waals surface area contributed by atoms with Gasteiger partial charge in [-0.2, -0.15) is 0 Å². The van der Waals surface area contributed by atoms with Crippen LogP contribution in [0.15, 0.2) is 54.6 Å². The monoisotopic (exact) mass is 352 g/mol. The van der Waals surface area contributed by atoms with Gasteiger partial charge in [0.1, 0.15) is 6.04 Å². The molecule has 0 saturated carbocycles. The Morgan fingerprint density at radius 1 is 0.923 bits per heavy atom. The fourth-order valence-corrected chi connectivity index (χ4v) is 2.88. The van der Waals surface area contributed by atoms with Crippen LogP contribution in [0.1, 0.15) is 54.7 Å². The molecule has 0 aliphatic rings. The van der Waals surface area contributed by atoms with Crippen LogP contribution < -0.4 is 10.6 Å². The van der Waals surface area contributed by atoms with E-state index in [1.54, 1.807) is 6.07 Å². The summed E-state index contributed by atoms with van der Waals surface area (Å²) in [7, 11) is 0. The fraction of sp³-hybridized carbons (Fsp3) is 0.364. The molecule has 2 aromatic rings. The summed E-state index contributed by atoms with van der Waals surface area (Å²) >= 11 is 0. The molecule has 0 saturated heterocycles. The maximum Gasteiger partial charge on any atom is 0.252 e. The van der Waals surface area contributed by atoms with Crippen LogP contribution in [0, 0.1) is 12.8 Å². The normalized spacial score (nSPS) is 14.2. The van der Waals surface area contributed by atoms with E-state index in [1.165, 1.54) is 0 Å². The molecule has 2 rings (SSSR count). The predicted molar refractivity (Wildman–Crippen MR) is 105 cm³/mol. The third kappa shape index (κ3) is 4.94. The highest BCUT2D eigenvalue weighted by Gasteiger charge is 2.27. The standard InChI is InChI=1S/C22H28N2O2/c1-5-15(2)20(24-21(25)19-14-10-9-11-16(19)3)22(26)23-17(4)18-12-7-6-8-13-18/h6-15,17,20H,5H2,1-4H3,(H,23,26)(H,24,25). The van der Waals surface area contributed by atoms with Gasteiger partial charge in [-0.15, -0.1) is 0 Å². The Kier molecular flexibility index (Phi) is 6.96. The lowest BCUT2D eigenvalue weighted by molar-refractivity contribution is -0.124. The molecule has 4 heteroatoms. The molecule has 4 nitrogen and oxygen atoms in total. The molecule has 2 amide bonds. The van der Waals surface area contributed by atoms with Gasteiger partial charge in [-0.3, -0.25) is 9.59 Å². The minimum absolute atomic E-state index is 0.0333. The number of amides is 2. The van der Waals surface area contributed by atoms with E-state index >= 15 is 0 Å². The smallest absolute Gasteiger partial charge is 0.252 e. The summed E-state index contributed by atoms with van der Waals surface area (Å²) in [6.07, 6.45) is 0.797. The average Bonchev–Trinajstić information content (AvgIpc) is 2.66. The average molecular weight is 352 g/mol. The summed E-state index contributed by atoms with van der Waals surface area (Å²) in [5.74, 6) is -0.334. The first-order valence-corrected chi connectivity index (χ1v) is 9.15. The largest absolute Gasteiger partial charge is 0.348 e. The summed E-state index contributed by atoms with van der Waals surface area (Å²) in [6, 6.07) is 16.5. The molecule has 0 heterocycles.